The molecule has 0 radical (unpaired) electrons. The van der Waals surface area contributed by atoms with Gasteiger partial charge in [-0.15, -0.1) is 0 Å². The topological polar surface area (TPSA) is 3.24 Å². The van der Waals surface area contributed by atoms with E-state index in [4.69, 9.17) is 0 Å². The zero-order chi connectivity index (χ0) is 34.2. The van der Waals surface area contributed by atoms with Crippen LogP contribution in [-0.2, 0) is 17.3 Å². The zero-order valence-electron chi connectivity index (χ0n) is 30.5. The number of hydrogen-bond donors (Lipinski definition) is 0. The van der Waals surface area contributed by atoms with Crippen molar-refractivity contribution in [3.63, 3.8) is 0 Å². The lowest BCUT2D eigenvalue weighted by atomic mass is 9.37. The summed E-state index contributed by atoms with van der Waals surface area (Å²) in [6.07, 6.45) is 1.00. The number of anilines is 3. The number of nitrogens with zero attached hydrogens (tertiary/aromatic N) is 1. The molecule has 0 aliphatic carbocycles. The molecule has 1 nitrogen and oxygen atoms in total. The van der Waals surface area contributed by atoms with Crippen LogP contribution in [-0.4, -0.2) is 6.71 Å². The number of hydrogen-bond acceptors (Lipinski definition) is 1. The van der Waals surface area contributed by atoms with Crippen LogP contribution in [0.5, 0.6) is 0 Å². The standard InChI is InChI=1S/C47H46BN/c1-45(2,3)27-28-25-41(34-24-23-33-36(47(7,8)9)26-35(46(4,5)6)32-22-21-29(28)42(34)43(32)33)49-39-19-13-12-18-38(39)48-37-17-11-10-15-30(37)31-16-14-20-40(49)44(31)48/h10-26H,27H2,1-9H3. The average molecular weight is 636 g/mol. The van der Waals surface area contributed by atoms with Gasteiger partial charge in [0.2, 0.25) is 6.71 Å². The quantitative estimate of drug-likeness (QED) is 0.135. The normalized spacial score (nSPS) is 14.2. The molecule has 242 valence electrons. The highest BCUT2D eigenvalue weighted by Crippen LogP contribution is 2.50. The second kappa shape index (κ2) is 10.0. The van der Waals surface area contributed by atoms with Crippen LogP contribution in [0.3, 0.4) is 0 Å². The first-order valence-electron chi connectivity index (χ1n) is 18.1. The van der Waals surface area contributed by atoms with Crippen molar-refractivity contribution in [3.05, 3.63) is 120 Å². The molecular formula is C47H46BN. The van der Waals surface area contributed by atoms with Gasteiger partial charge in [-0.25, -0.2) is 0 Å². The smallest absolute Gasteiger partial charge is 0.248 e. The first-order valence-corrected chi connectivity index (χ1v) is 18.1. The van der Waals surface area contributed by atoms with Crippen molar-refractivity contribution in [3.8, 4) is 11.1 Å². The van der Waals surface area contributed by atoms with Gasteiger partial charge in [0.05, 0.1) is 5.69 Å². The molecule has 2 aliphatic heterocycles. The van der Waals surface area contributed by atoms with E-state index in [-0.39, 0.29) is 23.0 Å². The summed E-state index contributed by atoms with van der Waals surface area (Å²) in [6, 6.07) is 40.0. The largest absolute Gasteiger partial charge is 0.311 e. The van der Waals surface area contributed by atoms with Crippen LogP contribution in [0, 0.1) is 5.41 Å². The molecule has 2 heteroatoms. The first kappa shape index (κ1) is 30.5. The predicted molar refractivity (Wildman–Crippen MR) is 215 cm³/mol. The summed E-state index contributed by atoms with van der Waals surface area (Å²) in [5.74, 6) is 0. The third-order valence-corrected chi connectivity index (χ3v) is 11.2. The van der Waals surface area contributed by atoms with Crippen LogP contribution in [0.4, 0.5) is 17.1 Å². The Morgan fingerprint density at radius 3 is 1.71 bits per heavy atom. The van der Waals surface area contributed by atoms with E-state index in [1.54, 1.807) is 0 Å². The summed E-state index contributed by atoms with van der Waals surface area (Å²) in [5.41, 5.74) is 15.3. The van der Waals surface area contributed by atoms with E-state index >= 15 is 0 Å². The summed E-state index contributed by atoms with van der Waals surface area (Å²) >= 11 is 0. The molecule has 0 aromatic heterocycles. The third kappa shape index (κ3) is 4.39. The fourth-order valence-corrected chi connectivity index (χ4v) is 9.27. The van der Waals surface area contributed by atoms with E-state index in [1.165, 1.54) is 93.6 Å². The van der Waals surface area contributed by atoms with Crippen molar-refractivity contribution in [2.45, 2.75) is 79.6 Å². The van der Waals surface area contributed by atoms with E-state index in [9.17, 15) is 0 Å². The molecule has 0 fully saturated rings. The van der Waals surface area contributed by atoms with Crippen molar-refractivity contribution in [2.24, 2.45) is 5.41 Å². The van der Waals surface area contributed by atoms with Crippen molar-refractivity contribution in [1.82, 2.24) is 0 Å². The maximum absolute atomic E-state index is 2.62. The molecule has 0 bridgehead atoms. The van der Waals surface area contributed by atoms with E-state index in [1.807, 2.05) is 0 Å². The number of fused-ring (bicyclic) bond motifs is 5. The second-order valence-electron chi connectivity index (χ2n) is 18.0. The van der Waals surface area contributed by atoms with Crippen molar-refractivity contribution >= 4 is 72.5 Å². The molecule has 7 aromatic carbocycles. The van der Waals surface area contributed by atoms with Crippen LogP contribution < -0.4 is 21.3 Å². The molecule has 2 heterocycles. The third-order valence-electron chi connectivity index (χ3n) is 11.2. The van der Waals surface area contributed by atoms with Crippen molar-refractivity contribution < 1.29 is 0 Å². The van der Waals surface area contributed by atoms with E-state index in [0.717, 1.165) is 6.42 Å². The summed E-state index contributed by atoms with van der Waals surface area (Å²) in [5, 5.41) is 8.35. The van der Waals surface area contributed by atoms with Gasteiger partial charge in [0.1, 0.15) is 0 Å². The van der Waals surface area contributed by atoms with Gasteiger partial charge in [-0.2, -0.15) is 0 Å². The van der Waals surface area contributed by atoms with Crippen LogP contribution in [0.2, 0.25) is 0 Å². The van der Waals surface area contributed by atoms with Gasteiger partial charge in [0, 0.05) is 16.8 Å². The molecule has 9 rings (SSSR count). The van der Waals surface area contributed by atoms with Gasteiger partial charge in [0.25, 0.3) is 0 Å². The molecule has 0 unspecified atom stereocenters. The molecule has 7 aromatic rings. The summed E-state index contributed by atoms with van der Waals surface area (Å²) in [7, 11) is 0. The average Bonchev–Trinajstić information content (AvgIpc) is 3.38. The molecular weight excluding hydrogens is 589 g/mol. The van der Waals surface area contributed by atoms with Crippen molar-refractivity contribution in [1.29, 1.82) is 0 Å². The Labute approximate surface area is 292 Å². The van der Waals surface area contributed by atoms with Gasteiger partial charge in [-0.1, -0.05) is 153 Å². The molecule has 49 heavy (non-hydrogen) atoms. The van der Waals surface area contributed by atoms with Crippen LogP contribution in [0.25, 0.3) is 43.4 Å². The minimum atomic E-state index is 0.0137. The Morgan fingerprint density at radius 1 is 0.490 bits per heavy atom. The maximum Gasteiger partial charge on any atom is 0.248 e. The highest BCUT2D eigenvalue weighted by Gasteiger charge is 2.42. The molecule has 0 atom stereocenters. The van der Waals surface area contributed by atoms with Gasteiger partial charge in [-0.05, 0) is 107 Å². The Hall–Kier alpha value is -4.56. The van der Waals surface area contributed by atoms with Gasteiger partial charge in [0.15, 0.2) is 0 Å². The first-order chi connectivity index (χ1) is 23.2. The lowest BCUT2D eigenvalue weighted by Gasteiger charge is -2.37. The predicted octanol–water partition coefficient (Wildman–Crippen LogP) is 11.0. The van der Waals surface area contributed by atoms with Gasteiger partial charge < -0.3 is 4.90 Å². The summed E-state index contributed by atoms with van der Waals surface area (Å²) < 4.78 is 0. The van der Waals surface area contributed by atoms with E-state index < -0.39 is 0 Å². The van der Waals surface area contributed by atoms with Gasteiger partial charge in [-0.3, -0.25) is 0 Å². The molecule has 0 spiro atoms. The molecule has 0 N–H and O–H groups in total. The Bertz CT molecular complexity index is 2450. The Balaban J connectivity index is 1.45. The second-order valence-corrected chi connectivity index (χ2v) is 18.0. The summed E-state index contributed by atoms with van der Waals surface area (Å²) in [6.45, 7) is 21.6. The molecule has 0 saturated heterocycles. The minimum absolute atomic E-state index is 0.0137. The number of rotatable bonds is 2. The van der Waals surface area contributed by atoms with E-state index in [0.29, 0.717) is 0 Å². The SMILES string of the molecule is CC(C)(C)Cc1cc(N2c3ccccc3B3c4ccccc4-c4cccc2c43)c2ccc3c(C(C)(C)C)cc(C(C)(C)C)c4ccc1c2c43. The Morgan fingerprint density at radius 2 is 1.04 bits per heavy atom. The number of para-hydroxylation sites is 1. The number of benzene rings is 7. The molecule has 0 amide bonds. The van der Waals surface area contributed by atoms with E-state index in [2.05, 4.69) is 170 Å². The summed E-state index contributed by atoms with van der Waals surface area (Å²) in [4.78, 5) is 2.62. The highest BCUT2D eigenvalue weighted by molar-refractivity contribution is 7.01. The van der Waals surface area contributed by atoms with Crippen LogP contribution in [0.1, 0.15) is 79.0 Å². The monoisotopic (exact) mass is 635 g/mol. The molecule has 2 aliphatic rings. The Kier molecular flexibility index (Phi) is 6.23. The minimum Gasteiger partial charge on any atom is -0.311 e. The highest BCUT2D eigenvalue weighted by atomic mass is 15.2. The lowest BCUT2D eigenvalue weighted by molar-refractivity contribution is 0.413. The van der Waals surface area contributed by atoms with Crippen LogP contribution >= 0.6 is 0 Å². The van der Waals surface area contributed by atoms with Gasteiger partial charge >= 0.3 is 0 Å². The lowest BCUT2D eigenvalue weighted by Crippen LogP contribution is -2.54. The fourth-order valence-electron chi connectivity index (χ4n) is 9.27. The molecule has 0 saturated carbocycles. The fraction of sp³-hybridized carbons (Fsp3) is 0.277. The van der Waals surface area contributed by atoms with Crippen LogP contribution in [0.15, 0.2) is 103 Å². The zero-order valence-corrected chi connectivity index (χ0v) is 30.5. The van der Waals surface area contributed by atoms with Crippen molar-refractivity contribution in [2.75, 3.05) is 4.90 Å². The maximum atomic E-state index is 2.62.